The maximum atomic E-state index is 14.0. The molecule has 1 heterocycles. The van der Waals surface area contributed by atoms with E-state index in [9.17, 15) is 9.18 Å². The van der Waals surface area contributed by atoms with E-state index in [1.165, 1.54) is 6.07 Å². The van der Waals surface area contributed by atoms with Gasteiger partial charge < -0.3 is 20.3 Å². The monoisotopic (exact) mass is 392 g/mol. The van der Waals surface area contributed by atoms with Crippen molar-refractivity contribution in [1.82, 2.24) is 15.5 Å². The molecule has 1 amide bonds. The third-order valence-electron chi connectivity index (χ3n) is 4.70. The lowest BCUT2D eigenvalue weighted by Gasteiger charge is -2.34. The quantitative estimate of drug-likeness (QED) is 0.553. The Bertz CT molecular complexity index is 670. The van der Waals surface area contributed by atoms with Crippen LogP contribution in [-0.2, 0) is 11.3 Å². The van der Waals surface area contributed by atoms with E-state index in [0.29, 0.717) is 19.1 Å². The molecule has 1 aliphatic heterocycles. The number of piperidine rings is 1. The fourth-order valence-corrected chi connectivity index (χ4v) is 3.21. The van der Waals surface area contributed by atoms with Crippen LogP contribution in [0.2, 0.25) is 0 Å². The number of carbonyl (C=O) groups is 1. The first-order valence-corrected chi connectivity index (χ1v) is 10.2. The van der Waals surface area contributed by atoms with E-state index in [1.54, 1.807) is 6.07 Å². The zero-order chi connectivity index (χ0) is 20.5. The van der Waals surface area contributed by atoms with Gasteiger partial charge in [0.1, 0.15) is 0 Å². The lowest BCUT2D eigenvalue weighted by atomic mass is 10.0. The second kappa shape index (κ2) is 10.9. The number of aliphatic imine (C=N–C) groups is 1. The maximum absolute atomic E-state index is 14.0. The van der Waals surface area contributed by atoms with E-state index >= 15 is 0 Å². The molecular weight excluding hydrogens is 359 g/mol. The number of hydrogen-bond acceptors (Lipinski definition) is 3. The number of rotatable bonds is 7. The van der Waals surface area contributed by atoms with E-state index in [2.05, 4.69) is 15.6 Å². The summed E-state index contributed by atoms with van der Waals surface area (Å²) in [6.45, 7) is 10.8. The Kier molecular flexibility index (Phi) is 8.54. The summed E-state index contributed by atoms with van der Waals surface area (Å²) in [5, 5.41) is 6.68. The first kappa shape index (κ1) is 22.0. The van der Waals surface area contributed by atoms with Crippen molar-refractivity contribution in [3.05, 3.63) is 29.6 Å². The van der Waals surface area contributed by atoms with Crippen molar-refractivity contribution in [3.63, 3.8) is 0 Å². The van der Waals surface area contributed by atoms with E-state index in [-0.39, 0.29) is 29.4 Å². The first-order chi connectivity index (χ1) is 13.4. The van der Waals surface area contributed by atoms with Gasteiger partial charge in [0.15, 0.2) is 17.5 Å². The number of nitrogens with zero attached hydrogens (tertiary/aromatic N) is 2. The zero-order valence-electron chi connectivity index (χ0n) is 17.4. The van der Waals surface area contributed by atoms with Gasteiger partial charge in [0.25, 0.3) is 0 Å². The summed E-state index contributed by atoms with van der Waals surface area (Å²) in [5.41, 5.74) is 0.788. The molecule has 0 radical (unpaired) electrons. The Morgan fingerprint density at radius 2 is 2.04 bits per heavy atom. The molecule has 0 atom stereocenters. The Balaban J connectivity index is 1.92. The number of guanidine groups is 1. The van der Waals surface area contributed by atoms with Crippen molar-refractivity contribution in [2.75, 3.05) is 26.2 Å². The second-order valence-corrected chi connectivity index (χ2v) is 7.29. The minimum atomic E-state index is -0.366. The summed E-state index contributed by atoms with van der Waals surface area (Å²) in [4.78, 5) is 18.6. The fourth-order valence-electron chi connectivity index (χ4n) is 3.21. The predicted molar refractivity (Wildman–Crippen MR) is 110 cm³/mol. The molecule has 0 saturated carbocycles. The molecule has 0 bridgehead atoms. The molecule has 0 spiro atoms. The van der Waals surface area contributed by atoms with Crippen LogP contribution >= 0.6 is 0 Å². The average molecular weight is 393 g/mol. The minimum Gasteiger partial charge on any atom is -0.491 e. The minimum absolute atomic E-state index is 0.0397. The van der Waals surface area contributed by atoms with E-state index in [4.69, 9.17) is 4.74 Å². The number of hydrogen-bond donors (Lipinski definition) is 2. The van der Waals surface area contributed by atoms with Gasteiger partial charge in [0, 0.05) is 31.6 Å². The molecule has 0 aromatic heterocycles. The van der Waals surface area contributed by atoms with Crippen molar-refractivity contribution in [2.24, 2.45) is 10.9 Å². The predicted octanol–water partition coefficient (Wildman–Crippen LogP) is 2.93. The van der Waals surface area contributed by atoms with Gasteiger partial charge in [-0.2, -0.15) is 0 Å². The molecular formula is C21H33FN4O2. The van der Waals surface area contributed by atoms with Crippen LogP contribution in [0.4, 0.5) is 4.39 Å². The van der Waals surface area contributed by atoms with E-state index in [1.807, 2.05) is 38.7 Å². The largest absolute Gasteiger partial charge is 0.491 e. The highest BCUT2D eigenvalue weighted by molar-refractivity contribution is 5.80. The molecule has 0 unspecified atom stereocenters. The molecule has 1 aromatic rings. The van der Waals surface area contributed by atoms with Gasteiger partial charge >= 0.3 is 0 Å². The molecule has 1 fully saturated rings. The molecule has 2 N–H and O–H groups in total. The SMILES string of the molecule is CCNC(=NCc1ccc(OCC)c(F)c1)NC1CCN(C(=O)C(C)C)CC1. The molecule has 28 heavy (non-hydrogen) atoms. The van der Waals surface area contributed by atoms with Crippen LogP contribution in [0.1, 0.15) is 46.1 Å². The molecule has 1 aliphatic rings. The Labute approximate surface area is 167 Å². The summed E-state index contributed by atoms with van der Waals surface area (Å²) < 4.78 is 19.2. The topological polar surface area (TPSA) is 66.0 Å². The third-order valence-corrected chi connectivity index (χ3v) is 4.70. The maximum Gasteiger partial charge on any atom is 0.225 e. The van der Waals surface area contributed by atoms with Gasteiger partial charge in [0.05, 0.1) is 13.2 Å². The summed E-state index contributed by atoms with van der Waals surface area (Å²) in [6, 6.07) is 5.21. The number of amides is 1. The van der Waals surface area contributed by atoms with E-state index in [0.717, 1.165) is 38.0 Å². The van der Waals surface area contributed by atoms with Crippen LogP contribution in [0.25, 0.3) is 0 Å². The van der Waals surface area contributed by atoms with Gasteiger partial charge in [-0.05, 0) is 44.4 Å². The summed E-state index contributed by atoms with van der Waals surface area (Å²) in [7, 11) is 0. The van der Waals surface area contributed by atoms with Gasteiger partial charge in [-0.3, -0.25) is 4.79 Å². The molecule has 7 heteroatoms. The Morgan fingerprint density at radius 1 is 1.32 bits per heavy atom. The third kappa shape index (κ3) is 6.39. The normalized spacial score (nSPS) is 15.6. The van der Waals surface area contributed by atoms with E-state index < -0.39 is 0 Å². The standard InChI is InChI=1S/C21H33FN4O2/c1-5-23-21(24-14-16-7-8-19(28-6-2)18(22)13-16)25-17-9-11-26(12-10-17)20(27)15(3)4/h7-8,13,15,17H,5-6,9-12,14H2,1-4H3,(H2,23,24,25). The molecule has 156 valence electrons. The van der Waals surface area contributed by atoms with Gasteiger partial charge in [-0.25, -0.2) is 9.38 Å². The average Bonchev–Trinajstić information content (AvgIpc) is 2.68. The number of nitrogens with one attached hydrogen (secondary N) is 2. The molecule has 1 aromatic carbocycles. The van der Waals surface area contributed by atoms with Crippen LogP contribution < -0.4 is 15.4 Å². The second-order valence-electron chi connectivity index (χ2n) is 7.29. The number of ether oxygens (including phenoxy) is 1. The highest BCUT2D eigenvalue weighted by atomic mass is 19.1. The van der Waals surface area contributed by atoms with Crippen molar-refractivity contribution in [1.29, 1.82) is 0 Å². The lowest BCUT2D eigenvalue weighted by Crippen LogP contribution is -2.50. The van der Waals surface area contributed by atoms with Gasteiger partial charge in [-0.15, -0.1) is 0 Å². The van der Waals surface area contributed by atoms with Crippen LogP contribution in [0.5, 0.6) is 5.75 Å². The van der Waals surface area contributed by atoms with Crippen molar-refractivity contribution in [2.45, 2.75) is 53.1 Å². The summed E-state index contributed by atoms with van der Waals surface area (Å²) in [6.07, 6.45) is 1.78. The van der Waals surface area contributed by atoms with Crippen molar-refractivity contribution < 1.29 is 13.9 Å². The van der Waals surface area contributed by atoms with Gasteiger partial charge in [-0.1, -0.05) is 19.9 Å². The summed E-state index contributed by atoms with van der Waals surface area (Å²) in [5.74, 6) is 0.873. The lowest BCUT2D eigenvalue weighted by molar-refractivity contribution is -0.135. The Hall–Kier alpha value is -2.31. The number of likely N-dealkylation sites (tertiary alicyclic amines) is 1. The van der Waals surface area contributed by atoms with Crippen LogP contribution in [-0.4, -0.2) is 49.0 Å². The smallest absolute Gasteiger partial charge is 0.225 e. The highest BCUT2D eigenvalue weighted by Gasteiger charge is 2.24. The van der Waals surface area contributed by atoms with Crippen LogP contribution in [0.3, 0.4) is 0 Å². The van der Waals surface area contributed by atoms with Crippen LogP contribution in [0, 0.1) is 11.7 Å². The molecule has 6 nitrogen and oxygen atoms in total. The first-order valence-electron chi connectivity index (χ1n) is 10.2. The molecule has 0 aliphatic carbocycles. The fraction of sp³-hybridized carbons (Fsp3) is 0.619. The molecule has 2 rings (SSSR count). The highest BCUT2D eigenvalue weighted by Crippen LogP contribution is 2.19. The summed E-state index contributed by atoms with van der Waals surface area (Å²) >= 11 is 0. The Morgan fingerprint density at radius 3 is 2.61 bits per heavy atom. The van der Waals surface area contributed by atoms with Crippen LogP contribution in [0.15, 0.2) is 23.2 Å². The van der Waals surface area contributed by atoms with Crippen molar-refractivity contribution in [3.8, 4) is 5.75 Å². The molecule has 1 saturated heterocycles. The van der Waals surface area contributed by atoms with Crippen molar-refractivity contribution >= 4 is 11.9 Å². The number of carbonyl (C=O) groups excluding carboxylic acids is 1. The number of halogens is 1. The van der Waals surface area contributed by atoms with Gasteiger partial charge in [0.2, 0.25) is 5.91 Å². The zero-order valence-corrected chi connectivity index (χ0v) is 17.4. The number of benzene rings is 1.